The van der Waals surface area contributed by atoms with E-state index in [1.165, 1.54) is 18.0 Å². The van der Waals surface area contributed by atoms with Gasteiger partial charge in [0.25, 0.3) is 0 Å². The van der Waals surface area contributed by atoms with Crippen LogP contribution in [0, 0.1) is 12.7 Å². The highest BCUT2D eigenvalue weighted by Gasteiger charge is 2.36. The van der Waals surface area contributed by atoms with Crippen LogP contribution < -0.4 is 11.1 Å². The molecule has 2 aromatic rings. The molecule has 7 heteroatoms. The number of halogens is 1. The number of nitrogens with two attached hydrogens (primary N) is 1. The maximum Gasteiger partial charge on any atom is 0.239 e. The number of amides is 1. The minimum absolute atomic E-state index is 0.107. The Morgan fingerprint density at radius 2 is 1.96 bits per heavy atom. The number of aromatic nitrogens is 1. The summed E-state index contributed by atoms with van der Waals surface area (Å²) in [6.45, 7) is 7.52. The zero-order valence-electron chi connectivity index (χ0n) is 16.4. The first-order valence-electron chi connectivity index (χ1n) is 8.74. The van der Waals surface area contributed by atoms with Gasteiger partial charge in [0, 0.05) is 30.5 Å². The highest BCUT2D eigenvalue weighted by Crippen LogP contribution is 2.31. The number of rotatable bonds is 5. The van der Waals surface area contributed by atoms with Gasteiger partial charge in [0.2, 0.25) is 5.91 Å². The molecule has 0 bridgehead atoms. The Bertz CT molecular complexity index is 846. The van der Waals surface area contributed by atoms with Crippen LogP contribution in [0.3, 0.4) is 0 Å². The van der Waals surface area contributed by atoms with Crippen molar-refractivity contribution in [3.05, 3.63) is 53.6 Å². The molecular formula is C20H26FN5O. The summed E-state index contributed by atoms with van der Waals surface area (Å²) in [7, 11) is 1.54. The second kappa shape index (κ2) is 8.16. The molecule has 1 aromatic heterocycles. The molecule has 0 spiro atoms. The van der Waals surface area contributed by atoms with Crippen LogP contribution in [-0.4, -0.2) is 35.3 Å². The molecule has 1 heterocycles. The molecule has 0 saturated heterocycles. The number of anilines is 2. The SMILES string of the molecule is CCN=C(N)N(C)C(=O)C(C)(C)c1cc(Nc2ccc(C)nc2)ccc1F. The molecule has 0 unspecified atom stereocenters. The van der Waals surface area contributed by atoms with E-state index in [1.54, 1.807) is 32.2 Å². The fourth-order valence-electron chi connectivity index (χ4n) is 2.70. The predicted molar refractivity (Wildman–Crippen MR) is 107 cm³/mol. The third kappa shape index (κ3) is 4.61. The van der Waals surface area contributed by atoms with Gasteiger partial charge in [0.05, 0.1) is 17.3 Å². The van der Waals surface area contributed by atoms with E-state index in [-0.39, 0.29) is 17.4 Å². The van der Waals surface area contributed by atoms with E-state index in [9.17, 15) is 9.18 Å². The van der Waals surface area contributed by atoms with Gasteiger partial charge in [-0.1, -0.05) is 0 Å². The van der Waals surface area contributed by atoms with Crippen molar-refractivity contribution >= 4 is 23.2 Å². The Balaban J connectivity index is 2.34. The number of nitrogens with zero attached hydrogens (tertiary/aromatic N) is 3. The lowest BCUT2D eigenvalue weighted by Gasteiger charge is -2.30. The van der Waals surface area contributed by atoms with E-state index in [1.807, 2.05) is 26.0 Å². The smallest absolute Gasteiger partial charge is 0.239 e. The normalized spacial score (nSPS) is 12.0. The molecule has 1 amide bonds. The van der Waals surface area contributed by atoms with E-state index in [0.29, 0.717) is 12.2 Å². The largest absolute Gasteiger partial charge is 0.369 e. The van der Waals surface area contributed by atoms with E-state index < -0.39 is 11.2 Å². The first-order valence-corrected chi connectivity index (χ1v) is 8.74. The lowest BCUT2D eigenvalue weighted by Crippen LogP contribution is -2.47. The van der Waals surface area contributed by atoms with Crippen LogP contribution in [-0.2, 0) is 10.2 Å². The molecular weight excluding hydrogens is 345 g/mol. The third-order valence-electron chi connectivity index (χ3n) is 4.34. The summed E-state index contributed by atoms with van der Waals surface area (Å²) in [5, 5.41) is 3.18. The highest BCUT2D eigenvalue weighted by atomic mass is 19.1. The minimum atomic E-state index is -1.13. The number of aliphatic imine (C=N–C) groups is 1. The average Bonchev–Trinajstić information content (AvgIpc) is 2.64. The summed E-state index contributed by atoms with van der Waals surface area (Å²) in [5.41, 5.74) is 7.31. The topological polar surface area (TPSA) is 83.6 Å². The summed E-state index contributed by atoms with van der Waals surface area (Å²) in [6, 6.07) is 8.37. The Morgan fingerprint density at radius 3 is 2.56 bits per heavy atom. The fraction of sp³-hybridized carbons (Fsp3) is 0.350. The highest BCUT2D eigenvalue weighted by molar-refractivity contribution is 6.00. The van der Waals surface area contributed by atoms with Crippen LogP contribution in [0.5, 0.6) is 0 Å². The number of guanidine groups is 1. The van der Waals surface area contributed by atoms with E-state index in [2.05, 4.69) is 15.3 Å². The van der Waals surface area contributed by atoms with Crippen molar-refractivity contribution in [2.75, 3.05) is 18.9 Å². The summed E-state index contributed by atoms with van der Waals surface area (Å²) in [4.78, 5) is 22.4. The summed E-state index contributed by atoms with van der Waals surface area (Å²) in [5.74, 6) is -0.693. The number of likely N-dealkylation sites (N-methyl/N-ethyl adjacent to an activating group) is 1. The van der Waals surface area contributed by atoms with Gasteiger partial charge in [-0.3, -0.25) is 19.7 Å². The van der Waals surface area contributed by atoms with Crippen LogP contribution in [0.2, 0.25) is 0 Å². The molecule has 3 N–H and O–H groups in total. The molecule has 0 fully saturated rings. The molecule has 6 nitrogen and oxygen atoms in total. The number of carbonyl (C=O) groups is 1. The van der Waals surface area contributed by atoms with Crippen LogP contribution in [0.25, 0.3) is 0 Å². The monoisotopic (exact) mass is 371 g/mol. The molecule has 0 aliphatic heterocycles. The Kier molecular flexibility index (Phi) is 6.15. The number of hydrogen-bond acceptors (Lipinski definition) is 4. The van der Waals surface area contributed by atoms with E-state index in [4.69, 9.17) is 5.73 Å². The van der Waals surface area contributed by atoms with Crippen molar-refractivity contribution in [1.82, 2.24) is 9.88 Å². The maximum absolute atomic E-state index is 14.6. The molecule has 0 atom stereocenters. The Hall–Kier alpha value is -2.96. The van der Waals surface area contributed by atoms with Gasteiger partial charge in [-0.05, 0) is 58.0 Å². The van der Waals surface area contributed by atoms with Gasteiger partial charge in [-0.25, -0.2) is 4.39 Å². The van der Waals surface area contributed by atoms with Crippen molar-refractivity contribution in [2.45, 2.75) is 33.1 Å². The van der Waals surface area contributed by atoms with Crippen molar-refractivity contribution in [3.8, 4) is 0 Å². The predicted octanol–water partition coefficient (Wildman–Crippen LogP) is 3.34. The molecule has 144 valence electrons. The average molecular weight is 371 g/mol. The number of aryl methyl sites for hydroxylation is 1. The van der Waals surface area contributed by atoms with E-state index >= 15 is 0 Å². The lowest BCUT2D eigenvalue weighted by atomic mass is 9.82. The van der Waals surface area contributed by atoms with Gasteiger partial charge in [-0.2, -0.15) is 0 Å². The van der Waals surface area contributed by atoms with Crippen molar-refractivity contribution in [1.29, 1.82) is 0 Å². The fourth-order valence-corrected chi connectivity index (χ4v) is 2.70. The molecule has 27 heavy (non-hydrogen) atoms. The first-order chi connectivity index (χ1) is 12.7. The van der Waals surface area contributed by atoms with Crippen molar-refractivity contribution < 1.29 is 9.18 Å². The zero-order chi connectivity index (χ0) is 20.2. The van der Waals surface area contributed by atoms with Gasteiger partial charge in [0.1, 0.15) is 5.82 Å². The second-order valence-electron chi connectivity index (χ2n) is 6.83. The van der Waals surface area contributed by atoms with Crippen LogP contribution in [0.15, 0.2) is 41.5 Å². The molecule has 0 radical (unpaired) electrons. The van der Waals surface area contributed by atoms with Crippen LogP contribution >= 0.6 is 0 Å². The van der Waals surface area contributed by atoms with Crippen LogP contribution in [0.4, 0.5) is 15.8 Å². The van der Waals surface area contributed by atoms with Crippen molar-refractivity contribution in [2.24, 2.45) is 10.7 Å². The Labute approximate surface area is 159 Å². The Morgan fingerprint density at radius 1 is 1.30 bits per heavy atom. The first kappa shape index (κ1) is 20.4. The van der Waals surface area contributed by atoms with Crippen LogP contribution in [0.1, 0.15) is 32.0 Å². The molecule has 0 aliphatic rings. The standard InChI is InChI=1S/C20H26FN5O/c1-6-23-19(22)26(5)18(27)20(3,4)16-11-14(9-10-17(16)21)25-15-8-7-13(2)24-12-15/h7-12,25H,6H2,1-5H3,(H2,22,23). The third-order valence-corrected chi connectivity index (χ3v) is 4.34. The molecule has 2 rings (SSSR count). The number of benzene rings is 1. The number of nitrogens with one attached hydrogen (secondary N) is 1. The van der Waals surface area contributed by atoms with Crippen molar-refractivity contribution in [3.63, 3.8) is 0 Å². The number of pyridine rings is 1. The maximum atomic E-state index is 14.6. The molecule has 1 aromatic carbocycles. The second-order valence-corrected chi connectivity index (χ2v) is 6.83. The molecule has 0 aliphatic carbocycles. The zero-order valence-corrected chi connectivity index (χ0v) is 16.4. The van der Waals surface area contributed by atoms with E-state index in [0.717, 1.165) is 11.4 Å². The van der Waals surface area contributed by atoms with Gasteiger partial charge >= 0.3 is 0 Å². The summed E-state index contributed by atoms with van der Waals surface area (Å²) >= 11 is 0. The van der Waals surface area contributed by atoms with Gasteiger partial charge < -0.3 is 11.1 Å². The lowest BCUT2D eigenvalue weighted by molar-refractivity contribution is -0.131. The summed E-state index contributed by atoms with van der Waals surface area (Å²) < 4.78 is 14.6. The minimum Gasteiger partial charge on any atom is -0.369 e. The number of carbonyl (C=O) groups excluding carboxylic acids is 1. The summed E-state index contributed by atoms with van der Waals surface area (Å²) in [6.07, 6.45) is 1.70. The molecule has 0 saturated carbocycles. The van der Waals surface area contributed by atoms with Gasteiger partial charge in [0.15, 0.2) is 5.96 Å². The quantitative estimate of drug-likeness (QED) is 0.624. The van der Waals surface area contributed by atoms with Gasteiger partial charge in [-0.15, -0.1) is 0 Å². The number of hydrogen-bond donors (Lipinski definition) is 2.